The highest BCUT2D eigenvalue weighted by molar-refractivity contribution is 5.68. The molecule has 0 aliphatic carbocycles. The Bertz CT molecular complexity index is 689. The van der Waals surface area contributed by atoms with Crippen molar-refractivity contribution in [3.05, 3.63) is 59.7 Å². The monoisotopic (exact) mass is 329 g/mol. The van der Waals surface area contributed by atoms with Crippen molar-refractivity contribution in [3.63, 3.8) is 0 Å². The van der Waals surface area contributed by atoms with Crippen molar-refractivity contribution in [2.45, 2.75) is 19.1 Å². The SMILES string of the molecule is O=C(NC(CCO)c1ccc2c(c1)OCO2)OCc1ccccc1. The van der Waals surface area contributed by atoms with E-state index in [0.29, 0.717) is 17.9 Å². The number of aliphatic hydroxyl groups excluding tert-OH is 1. The molecule has 0 radical (unpaired) electrons. The van der Waals surface area contributed by atoms with Gasteiger partial charge >= 0.3 is 6.09 Å². The molecule has 0 fully saturated rings. The first-order chi connectivity index (χ1) is 11.8. The van der Waals surface area contributed by atoms with E-state index in [1.807, 2.05) is 36.4 Å². The maximum absolute atomic E-state index is 12.0. The molecule has 0 spiro atoms. The zero-order valence-corrected chi connectivity index (χ0v) is 13.1. The third kappa shape index (κ3) is 3.97. The van der Waals surface area contributed by atoms with Gasteiger partial charge < -0.3 is 24.6 Å². The Morgan fingerprint density at radius 3 is 2.75 bits per heavy atom. The highest BCUT2D eigenvalue weighted by Crippen LogP contribution is 2.34. The summed E-state index contributed by atoms with van der Waals surface area (Å²) in [6.45, 7) is 0.327. The standard InChI is InChI=1S/C18H19NO5/c20-9-8-15(14-6-7-16-17(10-14)24-12-23-16)19-18(21)22-11-13-4-2-1-3-5-13/h1-7,10,15,20H,8-9,11-12H2,(H,19,21). The summed E-state index contributed by atoms with van der Waals surface area (Å²) in [6, 6.07) is 14.5. The lowest BCUT2D eigenvalue weighted by atomic mass is 10.0. The Morgan fingerprint density at radius 1 is 1.17 bits per heavy atom. The van der Waals surface area contributed by atoms with Crippen LogP contribution in [0.15, 0.2) is 48.5 Å². The van der Waals surface area contributed by atoms with E-state index in [9.17, 15) is 9.90 Å². The number of nitrogens with one attached hydrogen (secondary N) is 1. The molecule has 1 atom stereocenters. The number of ether oxygens (including phenoxy) is 3. The zero-order chi connectivity index (χ0) is 16.8. The van der Waals surface area contributed by atoms with Gasteiger partial charge in [0.15, 0.2) is 11.5 Å². The molecule has 3 rings (SSSR count). The van der Waals surface area contributed by atoms with E-state index in [4.69, 9.17) is 14.2 Å². The topological polar surface area (TPSA) is 77.0 Å². The Labute approximate surface area is 140 Å². The highest BCUT2D eigenvalue weighted by atomic mass is 16.7. The number of hydrogen-bond donors (Lipinski definition) is 2. The van der Waals surface area contributed by atoms with Gasteiger partial charge in [-0.3, -0.25) is 0 Å². The second-order valence-corrected chi connectivity index (χ2v) is 5.38. The summed E-state index contributed by atoms with van der Waals surface area (Å²) in [7, 11) is 0. The van der Waals surface area contributed by atoms with Crippen LogP contribution in [0.5, 0.6) is 11.5 Å². The van der Waals surface area contributed by atoms with Crippen molar-refractivity contribution in [3.8, 4) is 11.5 Å². The van der Waals surface area contributed by atoms with E-state index in [0.717, 1.165) is 11.1 Å². The fraction of sp³-hybridized carbons (Fsp3) is 0.278. The highest BCUT2D eigenvalue weighted by Gasteiger charge is 2.19. The number of fused-ring (bicyclic) bond motifs is 1. The zero-order valence-electron chi connectivity index (χ0n) is 13.1. The van der Waals surface area contributed by atoms with Gasteiger partial charge in [-0.2, -0.15) is 0 Å². The Kier molecular flexibility index (Phi) is 5.18. The lowest BCUT2D eigenvalue weighted by molar-refractivity contribution is 0.133. The lowest BCUT2D eigenvalue weighted by Crippen LogP contribution is -2.29. The minimum absolute atomic E-state index is 0.0575. The fourth-order valence-corrected chi connectivity index (χ4v) is 2.49. The molecule has 1 unspecified atom stereocenters. The summed E-state index contributed by atoms with van der Waals surface area (Å²) in [5.41, 5.74) is 1.74. The molecule has 6 heteroatoms. The lowest BCUT2D eigenvalue weighted by Gasteiger charge is -2.18. The molecule has 0 aromatic heterocycles. The number of benzene rings is 2. The normalized spacial score (nSPS) is 13.4. The molecule has 24 heavy (non-hydrogen) atoms. The number of carbonyl (C=O) groups is 1. The quantitative estimate of drug-likeness (QED) is 0.852. The van der Waals surface area contributed by atoms with Gasteiger partial charge in [0.2, 0.25) is 6.79 Å². The molecular formula is C18H19NO5. The molecule has 6 nitrogen and oxygen atoms in total. The van der Waals surface area contributed by atoms with Gasteiger partial charge in [0.25, 0.3) is 0 Å². The van der Waals surface area contributed by atoms with Gasteiger partial charge in [0, 0.05) is 6.61 Å². The maximum atomic E-state index is 12.0. The van der Waals surface area contributed by atoms with Crippen LogP contribution in [0.1, 0.15) is 23.6 Å². The Balaban J connectivity index is 1.62. The molecular weight excluding hydrogens is 310 g/mol. The first-order valence-corrected chi connectivity index (χ1v) is 7.74. The maximum Gasteiger partial charge on any atom is 0.407 e. The largest absolute Gasteiger partial charge is 0.454 e. The van der Waals surface area contributed by atoms with Crippen molar-refractivity contribution in [2.24, 2.45) is 0 Å². The van der Waals surface area contributed by atoms with E-state index in [-0.39, 0.29) is 26.0 Å². The van der Waals surface area contributed by atoms with Gasteiger partial charge in [-0.25, -0.2) is 4.79 Å². The first kappa shape index (κ1) is 16.1. The van der Waals surface area contributed by atoms with Crippen LogP contribution < -0.4 is 14.8 Å². The van der Waals surface area contributed by atoms with Crippen LogP contribution in [0.4, 0.5) is 4.79 Å². The van der Waals surface area contributed by atoms with E-state index >= 15 is 0 Å². The number of amides is 1. The van der Waals surface area contributed by atoms with Crippen LogP contribution in [-0.4, -0.2) is 24.6 Å². The third-order valence-corrected chi connectivity index (χ3v) is 3.72. The molecule has 1 amide bonds. The predicted molar refractivity (Wildman–Crippen MR) is 86.8 cm³/mol. The van der Waals surface area contributed by atoms with Crippen LogP contribution >= 0.6 is 0 Å². The number of alkyl carbamates (subject to hydrolysis) is 1. The summed E-state index contributed by atoms with van der Waals surface area (Å²) in [5.74, 6) is 1.31. The number of hydrogen-bond acceptors (Lipinski definition) is 5. The van der Waals surface area contributed by atoms with Crippen molar-refractivity contribution in [1.82, 2.24) is 5.32 Å². The van der Waals surface area contributed by atoms with Gasteiger partial charge in [0.05, 0.1) is 6.04 Å². The predicted octanol–water partition coefficient (Wildman–Crippen LogP) is 2.77. The molecule has 1 aliphatic rings. The summed E-state index contributed by atoms with van der Waals surface area (Å²) in [5, 5.41) is 12.0. The van der Waals surface area contributed by atoms with E-state index < -0.39 is 6.09 Å². The van der Waals surface area contributed by atoms with Crippen LogP contribution in [-0.2, 0) is 11.3 Å². The summed E-state index contributed by atoms with van der Waals surface area (Å²) in [4.78, 5) is 12.0. The van der Waals surface area contributed by atoms with Crippen LogP contribution in [0.2, 0.25) is 0 Å². The molecule has 126 valence electrons. The van der Waals surface area contributed by atoms with Crippen molar-refractivity contribution < 1.29 is 24.1 Å². The number of carbonyl (C=O) groups excluding carboxylic acids is 1. The van der Waals surface area contributed by atoms with Crippen molar-refractivity contribution >= 4 is 6.09 Å². The van der Waals surface area contributed by atoms with Gasteiger partial charge in [-0.1, -0.05) is 36.4 Å². The molecule has 0 saturated heterocycles. The van der Waals surface area contributed by atoms with Gasteiger partial charge in [-0.15, -0.1) is 0 Å². The minimum Gasteiger partial charge on any atom is -0.454 e. The van der Waals surface area contributed by atoms with Crippen LogP contribution in [0.3, 0.4) is 0 Å². The smallest absolute Gasteiger partial charge is 0.407 e. The Morgan fingerprint density at radius 2 is 1.96 bits per heavy atom. The van der Waals surface area contributed by atoms with Crippen LogP contribution in [0.25, 0.3) is 0 Å². The van der Waals surface area contributed by atoms with Crippen molar-refractivity contribution in [2.75, 3.05) is 13.4 Å². The molecule has 2 N–H and O–H groups in total. The summed E-state index contributed by atoms with van der Waals surface area (Å²) >= 11 is 0. The van der Waals surface area contributed by atoms with Crippen LogP contribution in [0, 0.1) is 0 Å². The number of rotatable bonds is 6. The molecule has 2 aromatic carbocycles. The minimum atomic E-state index is -0.532. The first-order valence-electron chi connectivity index (χ1n) is 7.74. The average Bonchev–Trinajstić information content (AvgIpc) is 3.08. The fourth-order valence-electron chi connectivity index (χ4n) is 2.49. The number of aliphatic hydroxyl groups is 1. The van der Waals surface area contributed by atoms with E-state index in [1.165, 1.54) is 0 Å². The van der Waals surface area contributed by atoms with Crippen molar-refractivity contribution in [1.29, 1.82) is 0 Å². The molecule has 0 bridgehead atoms. The average molecular weight is 329 g/mol. The molecule has 1 heterocycles. The molecule has 1 aliphatic heterocycles. The third-order valence-electron chi connectivity index (χ3n) is 3.72. The molecule has 2 aromatic rings. The summed E-state index contributed by atoms with van der Waals surface area (Å²) < 4.78 is 15.9. The summed E-state index contributed by atoms with van der Waals surface area (Å²) in [6.07, 6.45) is -0.157. The molecule has 0 saturated carbocycles. The van der Waals surface area contributed by atoms with E-state index in [1.54, 1.807) is 12.1 Å². The Hall–Kier alpha value is -2.73. The van der Waals surface area contributed by atoms with Gasteiger partial charge in [-0.05, 0) is 29.7 Å². The second-order valence-electron chi connectivity index (χ2n) is 5.38. The van der Waals surface area contributed by atoms with Gasteiger partial charge in [0.1, 0.15) is 6.61 Å². The second kappa shape index (κ2) is 7.70. The van der Waals surface area contributed by atoms with E-state index in [2.05, 4.69) is 5.32 Å².